The number of aliphatic hydroxyl groups excluding tert-OH is 1. The SMILES string of the molecule is Nc1cccc2c1C(=O)N(CC(=O)O[C@@H](Cc1c(Cl)c[n+]([O-])cc1Cl)c1ccc(OC(F)F)c(OCC3CC3)c1)C2=O.O.O.O=C(CN1C(=O)c2cccc([N+](=O)[O-])c2C1=O)O[C@@H](Cc1c(Cl)c[n+]([O-])cc1Cl)c1ccc(OC(F)F)c(OCC2CC2)c1.O=C(O)CN1C(=O)c2cccc([N+](=O)[O-])c2C1=O.[Cl][Sn][Cl].[O-][n+]1cc(Cl)c(C[C@H](O)c2ccc(OC(F)F)c(OCC3CC3)c2)c(Cl)c1. The van der Waals surface area contributed by atoms with Gasteiger partial charge in [0.2, 0.25) is 0 Å². The molecule has 2 radical (unpaired) electrons. The predicted molar refractivity (Wildman–Crippen MR) is 469 cm³/mol. The topological polar surface area (TPSA) is 534 Å². The van der Waals surface area contributed by atoms with E-state index in [1.807, 2.05) is 0 Å². The van der Waals surface area contributed by atoms with Crippen LogP contribution in [0.3, 0.4) is 0 Å². The van der Waals surface area contributed by atoms with Crippen molar-refractivity contribution in [1.82, 2.24) is 14.7 Å². The van der Waals surface area contributed by atoms with E-state index in [4.69, 9.17) is 122 Å². The molecule has 136 heavy (non-hydrogen) atoms. The van der Waals surface area contributed by atoms with E-state index in [0.717, 1.165) is 87.8 Å². The number of amides is 6. The molecule has 3 saturated carbocycles. The number of nitro groups is 2. The van der Waals surface area contributed by atoms with E-state index in [1.165, 1.54) is 97.1 Å². The Morgan fingerprint density at radius 1 is 0.441 bits per heavy atom. The zero-order valence-electron chi connectivity index (χ0n) is 69.3. The zero-order chi connectivity index (χ0) is 97.5. The second-order valence-electron chi connectivity index (χ2n) is 29.7. The van der Waals surface area contributed by atoms with Crippen molar-refractivity contribution in [3.05, 3.63) is 279 Å². The Morgan fingerprint density at radius 2 is 0.728 bits per heavy atom. The fraction of sp³-hybridized carbons (Fsp3) is 0.286. The van der Waals surface area contributed by atoms with E-state index in [9.17, 15) is 110 Å². The molecule has 0 unspecified atom stereocenters. The monoisotopic (exact) mass is 2170 g/mol. The van der Waals surface area contributed by atoms with Gasteiger partial charge in [0, 0.05) is 53.8 Å². The zero-order valence-corrected chi connectivity index (χ0v) is 78.2. The van der Waals surface area contributed by atoms with Crippen LogP contribution in [0.2, 0.25) is 30.1 Å². The molecule has 3 aliphatic heterocycles. The van der Waals surface area contributed by atoms with Crippen molar-refractivity contribution in [3.8, 4) is 34.5 Å². The van der Waals surface area contributed by atoms with Crippen LogP contribution in [-0.2, 0) is 43.1 Å². The number of benzene rings is 6. The number of pyridine rings is 3. The number of nitrogens with two attached hydrogens (primary N) is 1. The summed E-state index contributed by atoms with van der Waals surface area (Å²) in [4.78, 5) is 134. The number of esters is 2. The van der Waals surface area contributed by atoms with Gasteiger partial charge in [-0.2, -0.15) is 40.5 Å². The normalized spacial score (nSPS) is 14.4. The molecule has 52 heteroatoms. The number of carbonyl (C=O) groups excluding carboxylic acids is 8. The number of anilines is 1. The first-order valence-electron chi connectivity index (χ1n) is 39.2. The number of imide groups is 3. The summed E-state index contributed by atoms with van der Waals surface area (Å²) in [5.74, 6) is -8.19. The van der Waals surface area contributed by atoms with Crippen LogP contribution in [0, 0.1) is 53.6 Å². The number of carbonyl (C=O) groups is 9. The minimum absolute atomic E-state index is 0. The largest absolute Gasteiger partial charge is 0.619 e. The van der Waals surface area contributed by atoms with E-state index >= 15 is 0 Å². The molecule has 0 saturated heterocycles. The van der Waals surface area contributed by atoms with Crippen molar-refractivity contribution in [2.45, 2.75) is 95.9 Å². The van der Waals surface area contributed by atoms with Crippen molar-refractivity contribution in [2.75, 3.05) is 45.2 Å². The molecule has 722 valence electrons. The molecule has 9 aromatic rings. The molecule has 6 heterocycles. The van der Waals surface area contributed by atoms with Crippen LogP contribution >= 0.6 is 87.4 Å². The summed E-state index contributed by atoms with van der Waals surface area (Å²) < 4.78 is 121. The molecule has 6 aromatic carbocycles. The van der Waals surface area contributed by atoms with Crippen LogP contribution in [0.1, 0.15) is 152 Å². The number of fused-ring (bicyclic) bond motifs is 3. The molecule has 15 rings (SSSR count). The van der Waals surface area contributed by atoms with Crippen molar-refractivity contribution in [1.29, 1.82) is 0 Å². The van der Waals surface area contributed by atoms with Crippen LogP contribution in [0.5, 0.6) is 34.5 Å². The van der Waals surface area contributed by atoms with Crippen LogP contribution in [-0.4, -0.2) is 177 Å². The maximum absolute atomic E-state index is 13.2. The van der Waals surface area contributed by atoms with Gasteiger partial charge in [-0.1, -0.05) is 106 Å². The number of aliphatic hydroxyl groups is 1. The molecular weight excluding hydrogens is 2100 g/mol. The van der Waals surface area contributed by atoms with Gasteiger partial charge in [0.1, 0.15) is 73.1 Å². The minimum atomic E-state index is -3.14. The van der Waals surface area contributed by atoms with Gasteiger partial charge in [0.25, 0.3) is 46.8 Å². The first-order valence-corrected chi connectivity index (χ1v) is 48.7. The number of nitrogens with zero attached hydrogens (tertiary/aromatic N) is 8. The van der Waals surface area contributed by atoms with Crippen LogP contribution < -0.4 is 48.3 Å². The number of aromatic nitrogens is 3. The third kappa shape index (κ3) is 27.9. The number of nitro benzene ring substituents is 2. The molecule has 3 fully saturated rings. The van der Waals surface area contributed by atoms with Gasteiger partial charge in [-0.3, -0.25) is 78.1 Å². The molecule has 0 bridgehead atoms. The summed E-state index contributed by atoms with van der Waals surface area (Å²) in [7, 11) is 9.87. The summed E-state index contributed by atoms with van der Waals surface area (Å²) in [6, 6.07) is 23.7. The number of hydrogen-bond acceptors (Lipinski definition) is 26. The number of aliphatic carboxylic acids is 1. The summed E-state index contributed by atoms with van der Waals surface area (Å²) in [6.45, 7) is -10.8. The third-order valence-electron chi connectivity index (χ3n) is 20.3. The molecule has 3 atom stereocenters. The maximum atomic E-state index is 13.2. The number of halogens is 14. The Hall–Kier alpha value is -12.0. The van der Waals surface area contributed by atoms with Gasteiger partial charge >= 0.3 is 74.5 Å². The van der Waals surface area contributed by atoms with Gasteiger partial charge in [-0.15, -0.1) is 0 Å². The van der Waals surface area contributed by atoms with Crippen molar-refractivity contribution >= 4 is 177 Å². The standard InChI is InChI=1S/C28H21Cl2F2N3O9.C28H23Cl2F2N3O7.C18H17Cl2F2NO4.C10H6N2O6.2ClH.2H2O.Sn/c29-18-10-33(39)11-19(30)17(18)9-22(15-6-7-21(44-28(31)32)23(8-15)42-13-14-4-5-14)43-24(36)12-34-26(37)16-2-1-3-20(35(40)41)25(16)27(34)38;29-18-10-34(39)11-19(30)17(18)9-22(15-6-7-21(42-28(31)32)23(8-15)40-13-14-4-5-14)41-24(36)12-35-26(37)16-2-1-3-20(33)25(16)27(35)38;19-13-7-23(25)8-14(20)12(13)6-15(24)11-3-4-16(27-18(21)22)17(5-11)26-9-10-1-2-10;13-7(14)4-11-9(15)5-2-1-3-6(12(17)18)8(5)10(11)16;;;;;/h1-3,6-8,10-11,14,22,28H,4-5,9,12-13H2;1-3,6-8,10-11,14,22,28H,4-5,9,12-13,33H2;3-5,7-8,10,15,18,24H,1-2,6,9H2;1-3H,4H2,(H,13,14);2*1H;2*1H2;/q;;;;;;;;+2/p-2/t2*22-;15-;;;;;;/m000....../s1. The van der Waals surface area contributed by atoms with Crippen molar-refractivity contribution in [2.24, 2.45) is 17.8 Å². The number of ether oxygens (including phenoxy) is 8. The first-order chi connectivity index (χ1) is 63.6. The van der Waals surface area contributed by atoms with Crippen molar-refractivity contribution < 1.29 is 153 Å². The second kappa shape index (κ2) is 48.1. The van der Waals surface area contributed by atoms with Crippen LogP contribution in [0.25, 0.3) is 0 Å². The second-order valence-corrected chi connectivity index (χ2v) is 36.4. The van der Waals surface area contributed by atoms with Gasteiger partial charge in [0.15, 0.2) is 71.7 Å². The first kappa shape index (κ1) is 108. The summed E-state index contributed by atoms with van der Waals surface area (Å²) in [6.07, 6.45) is 8.44. The van der Waals surface area contributed by atoms with E-state index in [2.05, 4.69) is 14.2 Å². The number of nitrogen functional groups attached to an aromatic ring is 1. The average molecular weight is 2170 g/mol. The Labute approximate surface area is 810 Å². The number of carboxylic acids is 1. The van der Waals surface area contributed by atoms with Gasteiger partial charge in [-0.25, -0.2) is 0 Å². The van der Waals surface area contributed by atoms with E-state index in [0.29, 0.717) is 52.5 Å². The molecule has 6 aliphatic rings. The van der Waals surface area contributed by atoms with Crippen LogP contribution in [0.15, 0.2) is 146 Å². The maximum Gasteiger partial charge on any atom is 0.387 e. The number of alkyl halides is 6. The fourth-order valence-corrected chi connectivity index (χ4v) is 15.2. The third-order valence-corrected chi connectivity index (χ3v) is 22.3. The van der Waals surface area contributed by atoms with Crippen molar-refractivity contribution in [3.63, 3.8) is 0 Å². The van der Waals surface area contributed by atoms with Crippen LogP contribution in [0.4, 0.5) is 43.4 Å². The average Bonchev–Trinajstić information content (AvgIpc) is 1.62. The van der Waals surface area contributed by atoms with E-state index < -0.39 is 157 Å². The van der Waals surface area contributed by atoms with E-state index in [1.54, 1.807) is 0 Å². The molecule has 3 aromatic heterocycles. The van der Waals surface area contributed by atoms with Gasteiger partial charge < -0.3 is 80.4 Å². The summed E-state index contributed by atoms with van der Waals surface area (Å²) in [5.41, 5.74) is 5.52. The number of hydrogen-bond donors (Lipinski definition) is 3. The predicted octanol–water partition coefficient (Wildman–Crippen LogP) is 13.7. The Bertz CT molecular complexity index is 6000. The number of rotatable bonds is 34. The smallest absolute Gasteiger partial charge is 0.387 e. The molecule has 8 N–H and O–H groups in total. The van der Waals surface area contributed by atoms with Gasteiger partial charge in [0.05, 0.1) is 58.0 Å². The summed E-state index contributed by atoms with van der Waals surface area (Å²) >= 11 is 36.3. The van der Waals surface area contributed by atoms with E-state index in [-0.39, 0.29) is 176 Å². The Balaban J connectivity index is 0.000000209. The summed E-state index contributed by atoms with van der Waals surface area (Å²) in [5, 5.41) is 76.2. The molecular formula is C84H71Cl8F6N9O28Sn. The molecule has 0 spiro atoms. The Kier molecular flexibility index (Phi) is 38.1. The molecule has 3 aliphatic carbocycles. The minimum Gasteiger partial charge on any atom is -0.619 e. The Morgan fingerprint density at radius 3 is 1.03 bits per heavy atom. The van der Waals surface area contributed by atoms with Gasteiger partial charge in [-0.05, 0) is 134 Å². The molecule has 6 amide bonds. The molecule has 37 nitrogen and oxygen atoms in total. The number of carboxylic acid groups (broad SMARTS) is 1. The quantitative estimate of drug-likeness (QED) is 0.00388. The fourth-order valence-electron chi connectivity index (χ4n) is 13.4.